The van der Waals surface area contributed by atoms with Crippen LogP contribution in [0.1, 0.15) is 9.67 Å². The molecule has 7 nitrogen and oxygen atoms in total. The minimum atomic E-state index is -0.707. The van der Waals surface area contributed by atoms with Crippen LogP contribution in [0.25, 0.3) is 0 Å². The first-order valence-corrected chi connectivity index (χ1v) is 10.5. The number of benzene rings is 1. The maximum Gasteiger partial charge on any atom is 0.344 e. The number of carbonyl (C=O) groups excluding carboxylic acids is 3. The molecule has 0 radical (unpaired) electrons. The van der Waals surface area contributed by atoms with E-state index in [4.69, 9.17) is 9.47 Å². The van der Waals surface area contributed by atoms with Crippen LogP contribution in [0.2, 0.25) is 0 Å². The summed E-state index contributed by atoms with van der Waals surface area (Å²) < 4.78 is 23.6. The largest absolute Gasteiger partial charge is 0.481 e. The monoisotopic (exact) mass is 484 g/mol. The summed E-state index contributed by atoms with van der Waals surface area (Å²) in [5, 5.41) is 1.85. The van der Waals surface area contributed by atoms with E-state index >= 15 is 0 Å². The lowest BCUT2D eigenvalue weighted by Crippen LogP contribution is -2.51. The minimum Gasteiger partial charge on any atom is -0.481 e. The molecule has 0 spiro atoms. The molecule has 0 unspecified atom stereocenters. The fourth-order valence-corrected chi connectivity index (χ4v) is 3.88. The number of amides is 2. The van der Waals surface area contributed by atoms with Crippen molar-refractivity contribution in [2.24, 2.45) is 0 Å². The van der Waals surface area contributed by atoms with E-state index in [1.807, 2.05) is 11.4 Å². The van der Waals surface area contributed by atoms with Crippen LogP contribution < -0.4 is 4.74 Å². The van der Waals surface area contributed by atoms with Crippen molar-refractivity contribution < 1.29 is 28.2 Å². The van der Waals surface area contributed by atoms with E-state index in [2.05, 4.69) is 15.9 Å². The normalized spacial score (nSPS) is 13.9. The van der Waals surface area contributed by atoms with Gasteiger partial charge in [0.2, 0.25) is 0 Å². The molecule has 10 heteroatoms. The second kappa shape index (κ2) is 9.84. The highest BCUT2D eigenvalue weighted by Crippen LogP contribution is 2.25. The zero-order chi connectivity index (χ0) is 20.8. The molecule has 0 saturated carbocycles. The van der Waals surface area contributed by atoms with Crippen LogP contribution in [0.4, 0.5) is 4.39 Å². The predicted molar refractivity (Wildman–Crippen MR) is 107 cm³/mol. The van der Waals surface area contributed by atoms with Gasteiger partial charge in [0.15, 0.2) is 13.2 Å². The van der Waals surface area contributed by atoms with Crippen LogP contribution in [0.5, 0.6) is 5.75 Å². The fourth-order valence-electron chi connectivity index (χ4n) is 2.72. The van der Waals surface area contributed by atoms with Gasteiger partial charge in [0.1, 0.15) is 11.6 Å². The van der Waals surface area contributed by atoms with Crippen LogP contribution in [-0.4, -0.2) is 67.0 Å². The highest BCUT2D eigenvalue weighted by Gasteiger charge is 2.25. The summed E-state index contributed by atoms with van der Waals surface area (Å²) in [5.74, 6) is -1.22. The summed E-state index contributed by atoms with van der Waals surface area (Å²) in [7, 11) is 0. The SMILES string of the molecule is O=C(COc1ccc(F)cc1Br)OCC(=O)N1CCN(C(=O)c2cccs2)CC1. The standard InChI is InChI=1S/C19H18BrFN2O5S/c20-14-10-13(21)3-4-15(14)27-12-18(25)28-11-17(24)22-5-7-23(8-6-22)19(26)16-2-1-9-29-16/h1-4,9-10H,5-8,11-12H2. The Morgan fingerprint density at radius 3 is 2.45 bits per heavy atom. The van der Waals surface area contributed by atoms with Gasteiger partial charge < -0.3 is 19.3 Å². The summed E-state index contributed by atoms with van der Waals surface area (Å²) in [6.07, 6.45) is 0. The molecular weight excluding hydrogens is 467 g/mol. The van der Waals surface area contributed by atoms with E-state index in [0.29, 0.717) is 41.3 Å². The van der Waals surface area contributed by atoms with Crippen LogP contribution in [-0.2, 0) is 14.3 Å². The lowest BCUT2D eigenvalue weighted by Gasteiger charge is -2.34. The summed E-state index contributed by atoms with van der Waals surface area (Å²) in [6.45, 7) is 0.821. The Morgan fingerprint density at radius 1 is 1.07 bits per heavy atom. The molecule has 2 heterocycles. The zero-order valence-electron chi connectivity index (χ0n) is 15.3. The van der Waals surface area contributed by atoms with Crippen molar-refractivity contribution in [2.45, 2.75) is 0 Å². The van der Waals surface area contributed by atoms with Gasteiger partial charge in [0, 0.05) is 26.2 Å². The van der Waals surface area contributed by atoms with E-state index in [1.54, 1.807) is 15.9 Å². The second-order valence-electron chi connectivity index (χ2n) is 6.17. The maximum absolute atomic E-state index is 13.0. The van der Waals surface area contributed by atoms with Crippen molar-refractivity contribution in [3.63, 3.8) is 0 Å². The number of hydrogen-bond donors (Lipinski definition) is 0. The zero-order valence-corrected chi connectivity index (χ0v) is 17.7. The third-order valence-electron chi connectivity index (χ3n) is 4.25. The smallest absolute Gasteiger partial charge is 0.344 e. The number of esters is 1. The third-order valence-corrected chi connectivity index (χ3v) is 5.73. The molecule has 29 heavy (non-hydrogen) atoms. The molecule has 3 rings (SSSR count). The molecule has 1 aliphatic heterocycles. The Morgan fingerprint density at radius 2 is 1.79 bits per heavy atom. The predicted octanol–water partition coefficient (Wildman–Crippen LogP) is 2.56. The van der Waals surface area contributed by atoms with Gasteiger partial charge in [-0.05, 0) is 45.6 Å². The Labute approximate surface area is 179 Å². The van der Waals surface area contributed by atoms with Crippen molar-refractivity contribution >= 4 is 45.1 Å². The molecule has 0 aliphatic carbocycles. The quantitative estimate of drug-likeness (QED) is 0.588. The molecule has 0 bridgehead atoms. The number of thiophene rings is 1. The molecule has 2 amide bonds. The first-order chi connectivity index (χ1) is 13.9. The van der Waals surface area contributed by atoms with E-state index in [-0.39, 0.29) is 11.8 Å². The molecule has 0 atom stereocenters. The van der Waals surface area contributed by atoms with Crippen LogP contribution in [0.15, 0.2) is 40.2 Å². The van der Waals surface area contributed by atoms with Gasteiger partial charge >= 0.3 is 5.97 Å². The van der Waals surface area contributed by atoms with E-state index in [0.717, 1.165) is 0 Å². The highest BCUT2D eigenvalue weighted by atomic mass is 79.9. The Kier molecular flexibility index (Phi) is 7.21. The molecular formula is C19H18BrFN2O5S. The second-order valence-corrected chi connectivity index (χ2v) is 7.98. The van der Waals surface area contributed by atoms with Gasteiger partial charge in [-0.25, -0.2) is 9.18 Å². The van der Waals surface area contributed by atoms with Gasteiger partial charge in [-0.1, -0.05) is 6.07 Å². The Balaban J connectivity index is 1.38. The lowest BCUT2D eigenvalue weighted by molar-refractivity contribution is -0.154. The highest BCUT2D eigenvalue weighted by molar-refractivity contribution is 9.10. The van der Waals surface area contributed by atoms with E-state index in [9.17, 15) is 18.8 Å². The Bertz CT molecular complexity index is 885. The van der Waals surface area contributed by atoms with Gasteiger partial charge in [0.05, 0.1) is 9.35 Å². The topological polar surface area (TPSA) is 76.2 Å². The number of carbonyl (C=O) groups is 3. The molecule has 1 fully saturated rings. The van der Waals surface area contributed by atoms with Crippen molar-refractivity contribution in [3.05, 3.63) is 50.9 Å². The van der Waals surface area contributed by atoms with Crippen LogP contribution >= 0.6 is 27.3 Å². The summed E-state index contributed by atoms with van der Waals surface area (Å²) in [5.41, 5.74) is 0. The van der Waals surface area contributed by atoms with Crippen LogP contribution in [0.3, 0.4) is 0 Å². The molecule has 1 aromatic heterocycles. The van der Waals surface area contributed by atoms with Crippen molar-refractivity contribution in [1.29, 1.82) is 0 Å². The summed E-state index contributed by atoms with van der Waals surface area (Å²) in [4.78, 5) is 40.3. The molecule has 154 valence electrons. The molecule has 1 aromatic carbocycles. The van der Waals surface area contributed by atoms with Crippen LogP contribution in [0, 0.1) is 5.82 Å². The molecule has 0 N–H and O–H groups in total. The minimum absolute atomic E-state index is 0.0392. The average molecular weight is 485 g/mol. The van der Waals surface area contributed by atoms with Crippen molar-refractivity contribution in [3.8, 4) is 5.75 Å². The van der Waals surface area contributed by atoms with Crippen molar-refractivity contribution in [1.82, 2.24) is 9.80 Å². The molecule has 1 saturated heterocycles. The maximum atomic E-state index is 13.0. The number of halogens is 2. The first-order valence-electron chi connectivity index (χ1n) is 8.78. The number of rotatable bonds is 6. The lowest BCUT2D eigenvalue weighted by atomic mass is 10.3. The molecule has 1 aliphatic rings. The van der Waals surface area contributed by atoms with Gasteiger partial charge in [-0.2, -0.15) is 0 Å². The number of ether oxygens (including phenoxy) is 2. The fraction of sp³-hybridized carbons (Fsp3) is 0.316. The third kappa shape index (κ3) is 5.77. The van der Waals surface area contributed by atoms with Gasteiger partial charge in [-0.15, -0.1) is 11.3 Å². The molecule has 2 aromatic rings. The summed E-state index contributed by atoms with van der Waals surface area (Å²) in [6, 6.07) is 7.40. The number of nitrogens with zero attached hydrogens (tertiary/aromatic N) is 2. The number of hydrogen-bond acceptors (Lipinski definition) is 6. The first kappa shape index (κ1) is 21.3. The Hall–Kier alpha value is -2.46. The van der Waals surface area contributed by atoms with Crippen molar-refractivity contribution in [2.75, 3.05) is 39.4 Å². The number of piperazine rings is 1. The van der Waals surface area contributed by atoms with Gasteiger partial charge in [0.25, 0.3) is 11.8 Å². The van der Waals surface area contributed by atoms with E-state index < -0.39 is 25.0 Å². The van der Waals surface area contributed by atoms with Gasteiger partial charge in [-0.3, -0.25) is 9.59 Å². The summed E-state index contributed by atoms with van der Waals surface area (Å²) >= 11 is 4.52. The van der Waals surface area contributed by atoms with E-state index in [1.165, 1.54) is 29.5 Å². The average Bonchev–Trinajstić information content (AvgIpc) is 3.26.